The summed E-state index contributed by atoms with van der Waals surface area (Å²) in [6.07, 6.45) is 0. The molecule has 2 aromatic heterocycles. The highest BCUT2D eigenvalue weighted by molar-refractivity contribution is 7.98. The highest BCUT2D eigenvalue weighted by Gasteiger charge is 2.17. The molecule has 0 aliphatic rings. The molecule has 0 aliphatic carbocycles. The summed E-state index contributed by atoms with van der Waals surface area (Å²) < 4.78 is 12.4. The van der Waals surface area contributed by atoms with Crippen molar-refractivity contribution in [2.24, 2.45) is 0 Å². The second kappa shape index (κ2) is 8.08. The van der Waals surface area contributed by atoms with Crippen LogP contribution in [0.1, 0.15) is 11.5 Å². The zero-order valence-electron chi connectivity index (χ0n) is 15.3. The summed E-state index contributed by atoms with van der Waals surface area (Å²) in [5, 5.41) is 14.3. The molecule has 4 aromatic rings. The highest BCUT2D eigenvalue weighted by Crippen LogP contribution is 2.31. The van der Waals surface area contributed by atoms with Crippen molar-refractivity contribution in [2.45, 2.75) is 17.8 Å². The van der Waals surface area contributed by atoms with E-state index in [-0.39, 0.29) is 0 Å². The largest absolute Gasteiger partial charge is 0.497 e. The average molecular weight is 413 g/mol. The van der Waals surface area contributed by atoms with Gasteiger partial charge in [-0.05, 0) is 55.5 Å². The molecular formula is C20H17ClN4O2S. The summed E-state index contributed by atoms with van der Waals surface area (Å²) in [4.78, 5) is 0. The van der Waals surface area contributed by atoms with Crippen LogP contribution >= 0.6 is 23.4 Å². The van der Waals surface area contributed by atoms with Crippen molar-refractivity contribution >= 4 is 23.4 Å². The van der Waals surface area contributed by atoms with Gasteiger partial charge in [0, 0.05) is 28.1 Å². The molecule has 0 unspecified atom stereocenters. The summed E-state index contributed by atoms with van der Waals surface area (Å²) in [7, 11) is 1.64. The van der Waals surface area contributed by atoms with Crippen LogP contribution in [0.5, 0.6) is 5.75 Å². The molecule has 28 heavy (non-hydrogen) atoms. The maximum absolute atomic E-state index is 6.07. The Morgan fingerprint density at radius 3 is 2.46 bits per heavy atom. The van der Waals surface area contributed by atoms with Gasteiger partial charge in [0.1, 0.15) is 11.5 Å². The van der Waals surface area contributed by atoms with Gasteiger partial charge in [0.2, 0.25) is 0 Å². The summed E-state index contributed by atoms with van der Waals surface area (Å²) in [6.45, 7) is 1.87. The number of ether oxygens (including phenoxy) is 1. The van der Waals surface area contributed by atoms with Crippen LogP contribution < -0.4 is 4.74 Å². The Hall–Kier alpha value is -2.77. The predicted molar refractivity (Wildman–Crippen MR) is 109 cm³/mol. The highest BCUT2D eigenvalue weighted by atomic mass is 35.5. The number of hydrogen-bond acceptors (Lipinski definition) is 6. The monoisotopic (exact) mass is 412 g/mol. The van der Waals surface area contributed by atoms with Gasteiger partial charge in [0.05, 0.1) is 12.8 Å². The van der Waals surface area contributed by atoms with Crippen molar-refractivity contribution in [3.8, 4) is 22.8 Å². The number of hydrogen-bond donors (Lipinski definition) is 0. The lowest BCUT2D eigenvalue weighted by molar-refractivity contribution is 0.393. The molecule has 2 heterocycles. The van der Waals surface area contributed by atoms with Crippen molar-refractivity contribution in [2.75, 3.05) is 7.11 Å². The number of rotatable bonds is 6. The van der Waals surface area contributed by atoms with Gasteiger partial charge >= 0.3 is 0 Å². The van der Waals surface area contributed by atoms with Gasteiger partial charge in [-0.15, -0.1) is 10.2 Å². The first-order chi connectivity index (χ1) is 13.6. The maximum Gasteiger partial charge on any atom is 0.196 e. The minimum absolute atomic E-state index is 0.631. The third-order valence-electron chi connectivity index (χ3n) is 4.09. The number of halogens is 1. The minimum Gasteiger partial charge on any atom is -0.497 e. The molecule has 0 aliphatic heterocycles. The van der Waals surface area contributed by atoms with Crippen LogP contribution in [0.4, 0.5) is 0 Å². The van der Waals surface area contributed by atoms with E-state index in [0.717, 1.165) is 39.4 Å². The van der Waals surface area contributed by atoms with E-state index in [4.69, 9.17) is 20.9 Å². The molecule has 0 atom stereocenters. The second-order valence-electron chi connectivity index (χ2n) is 6.06. The van der Waals surface area contributed by atoms with E-state index < -0.39 is 0 Å². The molecule has 4 rings (SSSR count). The zero-order valence-corrected chi connectivity index (χ0v) is 16.9. The Kier molecular flexibility index (Phi) is 5.36. The first-order valence-corrected chi connectivity index (χ1v) is 9.91. The molecule has 6 nitrogen and oxygen atoms in total. The van der Waals surface area contributed by atoms with Gasteiger partial charge in [-0.25, -0.2) is 0 Å². The van der Waals surface area contributed by atoms with Crippen molar-refractivity contribution in [3.05, 3.63) is 71.1 Å². The minimum atomic E-state index is 0.631. The lowest BCUT2D eigenvalue weighted by atomic mass is 10.2. The Bertz CT molecular complexity index is 1070. The Morgan fingerprint density at radius 1 is 1.07 bits per heavy atom. The third kappa shape index (κ3) is 3.90. The van der Waals surface area contributed by atoms with Crippen LogP contribution in [-0.2, 0) is 5.75 Å². The van der Waals surface area contributed by atoms with Gasteiger partial charge in [-0.2, -0.15) is 0 Å². The Labute approximate surface area is 171 Å². The number of benzene rings is 2. The molecule has 0 radical (unpaired) electrons. The van der Waals surface area contributed by atoms with Gasteiger partial charge in [0.25, 0.3) is 0 Å². The number of thioether (sulfide) groups is 1. The smallest absolute Gasteiger partial charge is 0.196 e. The van der Waals surface area contributed by atoms with Gasteiger partial charge in [0.15, 0.2) is 11.0 Å². The maximum atomic E-state index is 6.07. The Morgan fingerprint density at radius 2 is 1.82 bits per heavy atom. The molecule has 0 saturated heterocycles. The molecule has 0 bridgehead atoms. The zero-order chi connectivity index (χ0) is 19.5. The van der Waals surface area contributed by atoms with E-state index >= 15 is 0 Å². The van der Waals surface area contributed by atoms with Crippen LogP contribution in [0.3, 0.4) is 0 Å². The number of aromatic nitrogens is 4. The molecule has 8 heteroatoms. The topological polar surface area (TPSA) is 66.0 Å². The van der Waals surface area contributed by atoms with E-state index in [2.05, 4.69) is 15.4 Å². The summed E-state index contributed by atoms with van der Waals surface area (Å²) >= 11 is 7.61. The van der Waals surface area contributed by atoms with E-state index in [1.165, 1.54) is 0 Å². The third-order valence-corrected chi connectivity index (χ3v) is 5.31. The summed E-state index contributed by atoms with van der Waals surface area (Å²) in [5.41, 5.74) is 2.73. The molecule has 142 valence electrons. The average Bonchev–Trinajstić information content (AvgIpc) is 3.33. The van der Waals surface area contributed by atoms with Gasteiger partial charge < -0.3 is 9.26 Å². The molecule has 2 aromatic carbocycles. The lowest BCUT2D eigenvalue weighted by Gasteiger charge is -2.10. The lowest BCUT2D eigenvalue weighted by Crippen LogP contribution is -2.00. The van der Waals surface area contributed by atoms with Crippen LogP contribution in [0, 0.1) is 6.92 Å². The molecule has 0 saturated carbocycles. The van der Waals surface area contributed by atoms with Gasteiger partial charge in [-0.1, -0.05) is 28.5 Å². The molecular weight excluding hydrogens is 396 g/mol. The Balaban J connectivity index is 1.72. The van der Waals surface area contributed by atoms with Crippen LogP contribution in [-0.4, -0.2) is 27.0 Å². The molecule has 0 amide bonds. The molecule has 0 fully saturated rings. The standard InChI is InChI=1S/C20H17ClN4O2S/c1-13-11-16(24-27-13)12-28-20-23-22-19(14-3-9-18(26-2)10-4-14)25(20)17-7-5-15(21)6-8-17/h3-11H,12H2,1-2H3. The van der Waals surface area contributed by atoms with Crippen molar-refractivity contribution in [1.82, 2.24) is 19.9 Å². The van der Waals surface area contributed by atoms with E-state index in [1.807, 2.05) is 66.1 Å². The van der Waals surface area contributed by atoms with Crippen molar-refractivity contribution in [1.29, 1.82) is 0 Å². The molecule has 0 N–H and O–H groups in total. The number of nitrogens with zero attached hydrogens (tertiary/aromatic N) is 4. The summed E-state index contributed by atoms with van der Waals surface area (Å²) in [5.74, 6) is 2.95. The van der Waals surface area contributed by atoms with Crippen LogP contribution in [0.2, 0.25) is 5.02 Å². The number of aryl methyl sites for hydroxylation is 1. The predicted octanol–water partition coefficient (Wildman–Crippen LogP) is 5.19. The fourth-order valence-corrected chi connectivity index (χ4v) is 3.70. The first-order valence-electron chi connectivity index (χ1n) is 8.55. The quantitative estimate of drug-likeness (QED) is 0.406. The summed E-state index contributed by atoms with van der Waals surface area (Å²) in [6, 6.07) is 17.2. The SMILES string of the molecule is COc1ccc(-c2nnc(SCc3cc(C)on3)n2-c2ccc(Cl)cc2)cc1. The van der Waals surface area contributed by atoms with Crippen molar-refractivity contribution < 1.29 is 9.26 Å². The van der Waals surface area contributed by atoms with Crippen LogP contribution in [0.25, 0.3) is 17.1 Å². The van der Waals surface area contributed by atoms with Gasteiger partial charge in [-0.3, -0.25) is 4.57 Å². The number of methoxy groups -OCH3 is 1. The fraction of sp³-hybridized carbons (Fsp3) is 0.150. The van der Waals surface area contributed by atoms with E-state index in [9.17, 15) is 0 Å². The van der Waals surface area contributed by atoms with Crippen molar-refractivity contribution in [3.63, 3.8) is 0 Å². The molecule has 0 spiro atoms. The van der Waals surface area contributed by atoms with Crippen LogP contribution in [0.15, 0.2) is 64.3 Å². The van der Waals surface area contributed by atoms with E-state index in [1.54, 1.807) is 18.9 Å². The fourth-order valence-electron chi connectivity index (χ4n) is 2.74. The first kappa shape index (κ1) is 18.6. The second-order valence-corrected chi connectivity index (χ2v) is 7.44. The normalized spacial score (nSPS) is 11.0. The van der Waals surface area contributed by atoms with E-state index in [0.29, 0.717) is 10.8 Å².